The molecule has 5 heteroatoms. The molecule has 0 radical (unpaired) electrons. The normalized spacial score (nSPS) is 24.5. The highest BCUT2D eigenvalue weighted by molar-refractivity contribution is 5.82. The van der Waals surface area contributed by atoms with Crippen LogP contribution in [0.2, 0.25) is 0 Å². The number of likely N-dealkylation sites (tertiary alicyclic amines) is 2. The highest BCUT2D eigenvalue weighted by Crippen LogP contribution is 2.26. The summed E-state index contributed by atoms with van der Waals surface area (Å²) in [6, 6.07) is 10.7. The van der Waals surface area contributed by atoms with Crippen LogP contribution in [0.3, 0.4) is 0 Å². The van der Waals surface area contributed by atoms with Gasteiger partial charge in [-0.05, 0) is 56.4 Å². The fourth-order valence-corrected chi connectivity index (χ4v) is 4.89. The summed E-state index contributed by atoms with van der Waals surface area (Å²) in [5.41, 5.74) is 1.40. The summed E-state index contributed by atoms with van der Waals surface area (Å²) in [5, 5.41) is 0. The van der Waals surface area contributed by atoms with E-state index in [9.17, 15) is 9.59 Å². The van der Waals surface area contributed by atoms with Gasteiger partial charge < -0.3 is 14.5 Å². The Morgan fingerprint density at radius 1 is 0.857 bits per heavy atom. The third kappa shape index (κ3) is 4.57. The van der Waals surface area contributed by atoms with E-state index in [2.05, 4.69) is 35.2 Å². The van der Waals surface area contributed by atoms with Crippen molar-refractivity contribution in [1.29, 1.82) is 0 Å². The van der Waals surface area contributed by atoms with E-state index in [0.717, 1.165) is 58.0 Å². The van der Waals surface area contributed by atoms with E-state index in [1.807, 2.05) is 4.90 Å². The maximum Gasteiger partial charge on any atom is 0.251 e. The molecule has 4 rings (SSSR count). The van der Waals surface area contributed by atoms with Gasteiger partial charge in [0.1, 0.15) is 6.10 Å². The maximum atomic E-state index is 12.9. The van der Waals surface area contributed by atoms with E-state index in [4.69, 9.17) is 4.74 Å². The zero-order valence-corrected chi connectivity index (χ0v) is 16.7. The Kier molecular flexibility index (Phi) is 6.30. The fourth-order valence-electron chi connectivity index (χ4n) is 4.89. The van der Waals surface area contributed by atoms with Gasteiger partial charge in [-0.2, -0.15) is 0 Å². The van der Waals surface area contributed by atoms with Gasteiger partial charge >= 0.3 is 0 Å². The van der Waals surface area contributed by atoms with Gasteiger partial charge in [-0.25, -0.2) is 0 Å². The van der Waals surface area contributed by atoms with E-state index in [0.29, 0.717) is 31.5 Å². The number of amides is 2. The number of piperidine rings is 2. The van der Waals surface area contributed by atoms with Crippen molar-refractivity contribution in [3.63, 3.8) is 0 Å². The van der Waals surface area contributed by atoms with Crippen LogP contribution in [0.15, 0.2) is 30.3 Å². The standard InChI is InChI=1S/C23H32N2O3/c26-22(20-10-14-25(15-11-20)23(27)21-7-4-16-28-21)24-12-8-19(9-13-24)17-18-5-2-1-3-6-18/h1-3,5-6,19-21H,4,7-17H2. The first kappa shape index (κ1) is 19.4. The molecule has 0 saturated carbocycles. The van der Waals surface area contributed by atoms with E-state index in [-0.39, 0.29) is 17.9 Å². The zero-order chi connectivity index (χ0) is 19.3. The molecule has 0 spiro atoms. The summed E-state index contributed by atoms with van der Waals surface area (Å²) >= 11 is 0. The lowest BCUT2D eigenvalue weighted by molar-refractivity contribution is -0.146. The number of carbonyl (C=O) groups excluding carboxylic acids is 2. The van der Waals surface area contributed by atoms with Gasteiger partial charge in [0.25, 0.3) is 5.91 Å². The van der Waals surface area contributed by atoms with Gasteiger partial charge in [-0.1, -0.05) is 30.3 Å². The van der Waals surface area contributed by atoms with Crippen LogP contribution in [-0.4, -0.2) is 60.5 Å². The molecule has 5 nitrogen and oxygen atoms in total. The molecule has 1 aromatic rings. The minimum absolute atomic E-state index is 0.0826. The van der Waals surface area contributed by atoms with Crippen molar-refractivity contribution in [2.45, 2.75) is 51.0 Å². The lowest BCUT2D eigenvalue weighted by Crippen LogP contribution is -2.48. The molecule has 3 fully saturated rings. The maximum absolute atomic E-state index is 12.9. The molecule has 152 valence electrons. The predicted octanol–water partition coefficient (Wildman–Crippen LogP) is 2.89. The number of ether oxygens (including phenoxy) is 1. The topological polar surface area (TPSA) is 49.9 Å². The van der Waals surface area contributed by atoms with Crippen molar-refractivity contribution in [2.75, 3.05) is 32.8 Å². The molecule has 0 N–H and O–H groups in total. The molecule has 3 aliphatic heterocycles. The first-order valence-corrected chi connectivity index (χ1v) is 10.9. The predicted molar refractivity (Wildman–Crippen MR) is 108 cm³/mol. The van der Waals surface area contributed by atoms with Crippen LogP contribution in [-0.2, 0) is 20.7 Å². The van der Waals surface area contributed by atoms with Gasteiger partial charge in [0.05, 0.1) is 0 Å². The van der Waals surface area contributed by atoms with Crippen LogP contribution in [0.4, 0.5) is 0 Å². The minimum Gasteiger partial charge on any atom is -0.368 e. The highest BCUT2D eigenvalue weighted by atomic mass is 16.5. The van der Waals surface area contributed by atoms with Crippen LogP contribution >= 0.6 is 0 Å². The van der Waals surface area contributed by atoms with Crippen molar-refractivity contribution in [3.8, 4) is 0 Å². The smallest absolute Gasteiger partial charge is 0.251 e. The Labute approximate surface area is 168 Å². The number of rotatable bonds is 4. The Bertz CT molecular complexity index is 656. The van der Waals surface area contributed by atoms with Crippen molar-refractivity contribution < 1.29 is 14.3 Å². The molecule has 3 aliphatic rings. The van der Waals surface area contributed by atoms with Gasteiger partial charge in [0, 0.05) is 38.7 Å². The first-order chi connectivity index (χ1) is 13.7. The Morgan fingerprint density at radius 3 is 2.14 bits per heavy atom. The summed E-state index contributed by atoms with van der Waals surface area (Å²) in [6.07, 6.45) is 6.47. The molecule has 3 saturated heterocycles. The third-order valence-corrected chi connectivity index (χ3v) is 6.65. The highest BCUT2D eigenvalue weighted by Gasteiger charge is 2.34. The average molecular weight is 385 g/mol. The van der Waals surface area contributed by atoms with Crippen molar-refractivity contribution in [1.82, 2.24) is 9.80 Å². The second-order valence-corrected chi connectivity index (χ2v) is 8.56. The van der Waals surface area contributed by atoms with Crippen LogP contribution in [0.25, 0.3) is 0 Å². The average Bonchev–Trinajstić information content (AvgIpc) is 3.29. The van der Waals surface area contributed by atoms with E-state index in [1.54, 1.807) is 0 Å². The molecule has 1 aromatic carbocycles. The van der Waals surface area contributed by atoms with Crippen molar-refractivity contribution in [3.05, 3.63) is 35.9 Å². The molecule has 2 amide bonds. The van der Waals surface area contributed by atoms with E-state index in [1.165, 1.54) is 5.56 Å². The first-order valence-electron chi connectivity index (χ1n) is 10.9. The monoisotopic (exact) mass is 384 g/mol. The summed E-state index contributed by atoms with van der Waals surface area (Å²) in [4.78, 5) is 29.4. The second kappa shape index (κ2) is 9.08. The van der Waals surface area contributed by atoms with Crippen LogP contribution in [0.1, 0.15) is 44.1 Å². The molecular formula is C23H32N2O3. The van der Waals surface area contributed by atoms with Crippen LogP contribution in [0, 0.1) is 11.8 Å². The van der Waals surface area contributed by atoms with Crippen molar-refractivity contribution in [2.24, 2.45) is 11.8 Å². The number of hydrogen-bond acceptors (Lipinski definition) is 3. The largest absolute Gasteiger partial charge is 0.368 e. The number of carbonyl (C=O) groups is 2. The van der Waals surface area contributed by atoms with Gasteiger partial charge in [0.2, 0.25) is 5.91 Å². The Hall–Kier alpha value is -1.88. The minimum atomic E-state index is -0.240. The molecule has 0 aliphatic carbocycles. The van der Waals surface area contributed by atoms with Crippen LogP contribution < -0.4 is 0 Å². The molecule has 3 heterocycles. The fraction of sp³-hybridized carbons (Fsp3) is 0.652. The number of nitrogens with zero attached hydrogens (tertiary/aromatic N) is 2. The number of benzene rings is 1. The van der Waals surface area contributed by atoms with Gasteiger partial charge in [0.15, 0.2) is 0 Å². The number of hydrogen-bond donors (Lipinski definition) is 0. The lowest BCUT2D eigenvalue weighted by Gasteiger charge is -2.37. The summed E-state index contributed by atoms with van der Waals surface area (Å²) in [5.74, 6) is 1.20. The van der Waals surface area contributed by atoms with Gasteiger partial charge in [-0.15, -0.1) is 0 Å². The molecule has 28 heavy (non-hydrogen) atoms. The quantitative estimate of drug-likeness (QED) is 0.802. The van der Waals surface area contributed by atoms with Crippen LogP contribution in [0.5, 0.6) is 0 Å². The zero-order valence-electron chi connectivity index (χ0n) is 16.7. The van der Waals surface area contributed by atoms with Crippen molar-refractivity contribution >= 4 is 11.8 Å². The lowest BCUT2D eigenvalue weighted by atomic mass is 9.88. The molecule has 1 atom stereocenters. The second-order valence-electron chi connectivity index (χ2n) is 8.56. The Balaban J connectivity index is 1.21. The summed E-state index contributed by atoms with van der Waals surface area (Å²) in [7, 11) is 0. The third-order valence-electron chi connectivity index (χ3n) is 6.65. The SMILES string of the molecule is O=C(C1CCN(C(=O)C2CCCO2)CC1)N1CCC(Cc2ccccc2)CC1. The summed E-state index contributed by atoms with van der Waals surface area (Å²) < 4.78 is 5.52. The van der Waals surface area contributed by atoms with E-state index >= 15 is 0 Å². The summed E-state index contributed by atoms with van der Waals surface area (Å²) in [6.45, 7) is 3.85. The van der Waals surface area contributed by atoms with E-state index < -0.39 is 0 Å². The molecule has 0 aromatic heterocycles. The molecular weight excluding hydrogens is 352 g/mol. The molecule has 1 unspecified atom stereocenters. The van der Waals surface area contributed by atoms with Gasteiger partial charge in [-0.3, -0.25) is 9.59 Å². The Morgan fingerprint density at radius 2 is 1.50 bits per heavy atom. The molecule has 0 bridgehead atoms.